The fourth-order valence-corrected chi connectivity index (χ4v) is 1.86. The average molecular weight is 309 g/mol. The lowest BCUT2D eigenvalue weighted by molar-refractivity contribution is -0.163. The summed E-state index contributed by atoms with van der Waals surface area (Å²) in [6.07, 6.45) is -1.80. The van der Waals surface area contributed by atoms with Gasteiger partial charge >= 0.3 is 5.97 Å². The molecule has 0 aromatic heterocycles. The highest BCUT2D eigenvalue weighted by Gasteiger charge is 2.31. The Kier molecular flexibility index (Phi) is 5.60. The maximum absolute atomic E-state index is 12.0. The molecule has 1 aromatic rings. The summed E-state index contributed by atoms with van der Waals surface area (Å²) in [7, 11) is 1.54. The van der Waals surface area contributed by atoms with Crippen LogP contribution in [0.2, 0.25) is 0 Å². The lowest BCUT2D eigenvalue weighted by atomic mass is 10.2. The van der Waals surface area contributed by atoms with Gasteiger partial charge in [-0.25, -0.2) is 4.79 Å². The summed E-state index contributed by atoms with van der Waals surface area (Å²) in [6.45, 7) is 2.29. The first-order valence-electron chi connectivity index (χ1n) is 6.97. The van der Waals surface area contributed by atoms with E-state index in [0.717, 1.165) is 0 Å². The van der Waals surface area contributed by atoms with Gasteiger partial charge in [0.25, 0.3) is 5.91 Å². The van der Waals surface area contributed by atoms with Crippen molar-refractivity contribution in [1.82, 2.24) is 5.32 Å². The Bertz CT molecular complexity index is 533. The van der Waals surface area contributed by atoms with Crippen molar-refractivity contribution in [2.75, 3.05) is 26.9 Å². The zero-order chi connectivity index (χ0) is 15.9. The minimum absolute atomic E-state index is 0.0495. The number of rotatable bonds is 6. The molecule has 1 amide bonds. The number of fused-ring (bicyclic) bond motifs is 1. The minimum Gasteiger partial charge on any atom is -0.485 e. The van der Waals surface area contributed by atoms with Gasteiger partial charge in [-0.15, -0.1) is 0 Å². The average Bonchev–Trinajstić information content (AvgIpc) is 2.54. The summed E-state index contributed by atoms with van der Waals surface area (Å²) < 4.78 is 20.9. The number of hydrogen-bond acceptors (Lipinski definition) is 6. The molecule has 0 fully saturated rings. The fourth-order valence-electron chi connectivity index (χ4n) is 1.86. The van der Waals surface area contributed by atoms with E-state index in [9.17, 15) is 9.59 Å². The molecule has 1 N–H and O–H groups in total. The fraction of sp³-hybridized carbons (Fsp3) is 0.467. The number of carbonyl (C=O) groups is 2. The van der Waals surface area contributed by atoms with Crippen LogP contribution in [0.4, 0.5) is 0 Å². The van der Waals surface area contributed by atoms with E-state index in [-0.39, 0.29) is 12.5 Å². The highest BCUT2D eigenvalue weighted by atomic mass is 16.6. The molecule has 2 rings (SSSR count). The molecule has 1 aliphatic heterocycles. The number of methoxy groups -OCH3 is 1. The third kappa shape index (κ3) is 4.11. The van der Waals surface area contributed by atoms with Crippen LogP contribution in [-0.4, -0.2) is 51.0 Å². The van der Waals surface area contributed by atoms with Crippen LogP contribution in [-0.2, 0) is 19.1 Å². The normalized spacial score (nSPS) is 17.5. The van der Waals surface area contributed by atoms with Crippen LogP contribution in [0.25, 0.3) is 0 Å². The number of para-hydroxylation sites is 2. The van der Waals surface area contributed by atoms with Crippen molar-refractivity contribution >= 4 is 11.9 Å². The van der Waals surface area contributed by atoms with Gasteiger partial charge in [-0.1, -0.05) is 12.1 Å². The van der Waals surface area contributed by atoms with Gasteiger partial charge in [0.2, 0.25) is 6.10 Å². The van der Waals surface area contributed by atoms with Crippen molar-refractivity contribution in [1.29, 1.82) is 0 Å². The summed E-state index contributed by atoms with van der Waals surface area (Å²) in [4.78, 5) is 23.7. The second-order valence-electron chi connectivity index (χ2n) is 4.73. The Balaban J connectivity index is 1.84. The predicted molar refractivity (Wildman–Crippen MR) is 76.8 cm³/mol. The first-order chi connectivity index (χ1) is 10.6. The van der Waals surface area contributed by atoms with E-state index in [0.29, 0.717) is 24.7 Å². The highest BCUT2D eigenvalue weighted by Crippen LogP contribution is 2.31. The van der Waals surface area contributed by atoms with Crippen LogP contribution in [0, 0.1) is 0 Å². The predicted octanol–water partition coefficient (Wildman–Crippen LogP) is 0.521. The summed E-state index contributed by atoms with van der Waals surface area (Å²) in [6, 6.07) is 7.05. The van der Waals surface area contributed by atoms with Gasteiger partial charge in [-0.05, 0) is 19.1 Å². The van der Waals surface area contributed by atoms with Crippen molar-refractivity contribution in [3.05, 3.63) is 24.3 Å². The number of benzene rings is 1. The number of nitrogens with one attached hydrogen (secondary N) is 1. The second-order valence-corrected chi connectivity index (χ2v) is 4.73. The molecule has 7 heteroatoms. The number of amides is 1. The number of ether oxygens (including phenoxy) is 4. The molecule has 0 radical (unpaired) electrons. The molecule has 7 nitrogen and oxygen atoms in total. The molecular formula is C15H19NO6. The molecule has 1 heterocycles. The number of carbonyl (C=O) groups excluding carboxylic acids is 2. The molecule has 2 atom stereocenters. The Morgan fingerprint density at radius 1 is 1.36 bits per heavy atom. The van der Waals surface area contributed by atoms with Gasteiger partial charge in [-0.3, -0.25) is 4.79 Å². The molecule has 0 unspecified atom stereocenters. The lowest BCUT2D eigenvalue weighted by Gasteiger charge is -2.25. The second kappa shape index (κ2) is 7.65. The van der Waals surface area contributed by atoms with Gasteiger partial charge < -0.3 is 24.3 Å². The van der Waals surface area contributed by atoms with E-state index in [4.69, 9.17) is 18.9 Å². The Hall–Kier alpha value is -2.28. The van der Waals surface area contributed by atoms with Gasteiger partial charge in [-0.2, -0.15) is 0 Å². The van der Waals surface area contributed by atoms with E-state index >= 15 is 0 Å². The third-order valence-electron chi connectivity index (χ3n) is 3.04. The SMILES string of the molecule is COCCNC(=O)[C@H](C)OC(=O)[C@H]1COc2ccccc2O1. The number of hydrogen-bond donors (Lipinski definition) is 1. The third-order valence-corrected chi connectivity index (χ3v) is 3.04. The van der Waals surface area contributed by atoms with E-state index in [1.807, 2.05) is 6.07 Å². The van der Waals surface area contributed by atoms with Crippen LogP contribution >= 0.6 is 0 Å². The molecule has 120 valence electrons. The molecule has 1 aliphatic rings. The van der Waals surface area contributed by atoms with E-state index < -0.39 is 18.2 Å². The Morgan fingerprint density at radius 3 is 2.82 bits per heavy atom. The van der Waals surface area contributed by atoms with E-state index in [2.05, 4.69) is 5.32 Å². The summed E-state index contributed by atoms with van der Waals surface area (Å²) in [5.41, 5.74) is 0. The molecule has 0 bridgehead atoms. The van der Waals surface area contributed by atoms with Gasteiger partial charge in [0.15, 0.2) is 17.6 Å². The minimum atomic E-state index is -0.912. The zero-order valence-electron chi connectivity index (χ0n) is 12.5. The maximum Gasteiger partial charge on any atom is 0.351 e. The van der Waals surface area contributed by atoms with Crippen molar-refractivity contribution in [3.8, 4) is 11.5 Å². The largest absolute Gasteiger partial charge is 0.485 e. The summed E-state index contributed by atoms with van der Waals surface area (Å²) in [5, 5.41) is 2.59. The molecule has 0 spiro atoms. The molecule has 22 heavy (non-hydrogen) atoms. The Morgan fingerprint density at radius 2 is 2.09 bits per heavy atom. The Labute approximate surface area is 128 Å². The van der Waals surface area contributed by atoms with Crippen molar-refractivity contribution < 1.29 is 28.5 Å². The molecule has 1 aromatic carbocycles. The van der Waals surface area contributed by atoms with E-state index in [1.165, 1.54) is 14.0 Å². The van der Waals surface area contributed by atoms with Gasteiger partial charge in [0.05, 0.1) is 6.61 Å². The van der Waals surface area contributed by atoms with Crippen LogP contribution < -0.4 is 14.8 Å². The maximum atomic E-state index is 12.0. The topological polar surface area (TPSA) is 83.1 Å². The smallest absolute Gasteiger partial charge is 0.351 e. The summed E-state index contributed by atoms with van der Waals surface area (Å²) in [5.74, 6) is 0.0382. The van der Waals surface area contributed by atoms with Crippen LogP contribution in [0.1, 0.15) is 6.92 Å². The zero-order valence-corrected chi connectivity index (χ0v) is 12.5. The first-order valence-corrected chi connectivity index (χ1v) is 6.97. The van der Waals surface area contributed by atoms with E-state index in [1.54, 1.807) is 18.2 Å². The van der Waals surface area contributed by atoms with Crippen molar-refractivity contribution in [3.63, 3.8) is 0 Å². The van der Waals surface area contributed by atoms with Crippen molar-refractivity contribution in [2.45, 2.75) is 19.1 Å². The van der Waals surface area contributed by atoms with Crippen LogP contribution in [0.5, 0.6) is 11.5 Å². The lowest BCUT2D eigenvalue weighted by Crippen LogP contribution is -2.43. The van der Waals surface area contributed by atoms with Crippen LogP contribution in [0.15, 0.2) is 24.3 Å². The molecule has 0 aliphatic carbocycles. The highest BCUT2D eigenvalue weighted by molar-refractivity contribution is 5.84. The first kappa shape index (κ1) is 16.1. The standard InChI is InChI=1S/C15H19NO6/c1-10(14(17)16-7-8-19-2)21-15(18)13-9-20-11-5-3-4-6-12(11)22-13/h3-6,10,13H,7-9H2,1-2H3,(H,16,17)/t10-,13+/m0/s1. The van der Waals surface area contributed by atoms with Crippen LogP contribution in [0.3, 0.4) is 0 Å². The van der Waals surface area contributed by atoms with Crippen molar-refractivity contribution in [2.24, 2.45) is 0 Å². The number of esters is 1. The monoisotopic (exact) mass is 309 g/mol. The quantitative estimate of drug-likeness (QED) is 0.609. The molecular weight excluding hydrogens is 290 g/mol. The van der Waals surface area contributed by atoms with Gasteiger partial charge in [0.1, 0.15) is 6.61 Å². The molecule has 0 saturated carbocycles. The molecule has 0 saturated heterocycles. The van der Waals surface area contributed by atoms with Gasteiger partial charge in [0, 0.05) is 13.7 Å². The summed E-state index contributed by atoms with van der Waals surface area (Å²) >= 11 is 0.